The maximum atomic E-state index is 6.07. The molecule has 1 aliphatic rings. The van der Waals surface area contributed by atoms with Crippen molar-refractivity contribution in [3.05, 3.63) is 77.9 Å². The van der Waals surface area contributed by atoms with Gasteiger partial charge in [-0.05, 0) is 41.5 Å². The number of nitrogens with one attached hydrogen (secondary N) is 1. The van der Waals surface area contributed by atoms with Crippen molar-refractivity contribution in [3.63, 3.8) is 0 Å². The Bertz CT molecular complexity index is 942. The lowest BCUT2D eigenvalue weighted by Gasteiger charge is -2.23. The minimum Gasteiger partial charge on any atom is -0.497 e. The average molecular weight is 390 g/mol. The molecule has 1 aliphatic heterocycles. The van der Waals surface area contributed by atoms with Crippen LogP contribution in [-0.2, 0) is 13.2 Å². The highest BCUT2D eigenvalue weighted by molar-refractivity contribution is 5.63. The van der Waals surface area contributed by atoms with E-state index < -0.39 is 0 Å². The summed E-state index contributed by atoms with van der Waals surface area (Å²) in [5.74, 6) is 2.36. The smallest absolute Gasteiger partial charge is 0.163 e. The number of anilines is 2. The van der Waals surface area contributed by atoms with Gasteiger partial charge in [-0.1, -0.05) is 30.3 Å². The topological polar surface area (TPSA) is 43.0 Å². The third-order valence-electron chi connectivity index (χ3n) is 5.12. The summed E-state index contributed by atoms with van der Waals surface area (Å²) in [6, 6.07) is 22.5. The van der Waals surface area contributed by atoms with Crippen molar-refractivity contribution in [3.8, 4) is 17.2 Å². The van der Waals surface area contributed by atoms with Crippen molar-refractivity contribution in [1.82, 2.24) is 0 Å². The van der Waals surface area contributed by atoms with Gasteiger partial charge >= 0.3 is 0 Å². The van der Waals surface area contributed by atoms with E-state index in [4.69, 9.17) is 14.2 Å². The van der Waals surface area contributed by atoms with E-state index in [1.165, 1.54) is 11.3 Å². The molecule has 150 valence electrons. The molecule has 3 aromatic rings. The third-order valence-corrected chi connectivity index (χ3v) is 5.12. The van der Waals surface area contributed by atoms with Crippen molar-refractivity contribution in [2.45, 2.75) is 13.2 Å². The number of hydrogen-bond donors (Lipinski definition) is 1. The molecular formula is C24H26N2O3. The van der Waals surface area contributed by atoms with E-state index in [1.54, 1.807) is 14.2 Å². The predicted molar refractivity (Wildman–Crippen MR) is 116 cm³/mol. The molecule has 1 heterocycles. The average Bonchev–Trinajstić information content (AvgIpc) is 2.99. The van der Waals surface area contributed by atoms with Crippen molar-refractivity contribution in [2.75, 3.05) is 37.5 Å². The van der Waals surface area contributed by atoms with Gasteiger partial charge in [0.15, 0.2) is 11.5 Å². The monoisotopic (exact) mass is 390 g/mol. The second-order valence-corrected chi connectivity index (χ2v) is 6.98. The first-order valence-corrected chi connectivity index (χ1v) is 9.77. The molecule has 3 aromatic carbocycles. The lowest BCUT2D eigenvalue weighted by atomic mass is 10.1. The first-order valence-electron chi connectivity index (χ1n) is 9.77. The van der Waals surface area contributed by atoms with Gasteiger partial charge in [0.1, 0.15) is 12.4 Å². The molecule has 0 aliphatic carbocycles. The summed E-state index contributed by atoms with van der Waals surface area (Å²) < 4.78 is 17.0. The molecule has 5 heteroatoms. The van der Waals surface area contributed by atoms with E-state index in [0.717, 1.165) is 48.1 Å². The van der Waals surface area contributed by atoms with Gasteiger partial charge in [0.25, 0.3) is 0 Å². The van der Waals surface area contributed by atoms with Gasteiger partial charge in [-0.3, -0.25) is 0 Å². The van der Waals surface area contributed by atoms with E-state index >= 15 is 0 Å². The van der Waals surface area contributed by atoms with E-state index in [2.05, 4.69) is 46.6 Å². The Morgan fingerprint density at radius 3 is 2.41 bits per heavy atom. The van der Waals surface area contributed by atoms with Crippen LogP contribution in [0.25, 0.3) is 0 Å². The Hall–Kier alpha value is -3.34. The molecular weight excluding hydrogens is 364 g/mol. The summed E-state index contributed by atoms with van der Waals surface area (Å²) in [6.07, 6.45) is 0. The molecule has 0 fully saturated rings. The molecule has 0 radical (unpaired) electrons. The van der Waals surface area contributed by atoms with Crippen molar-refractivity contribution in [2.24, 2.45) is 0 Å². The quantitative estimate of drug-likeness (QED) is 0.660. The van der Waals surface area contributed by atoms with Crippen molar-refractivity contribution < 1.29 is 14.2 Å². The lowest BCUT2D eigenvalue weighted by Crippen LogP contribution is -2.25. The third kappa shape index (κ3) is 4.40. The summed E-state index contributed by atoms with van der Waals surface area (Å²) in [5, 5.41) is 3.54. The Kier molecular flexibility index (Phi) is 5.75. The number of hydrogen-bond acceptors (Lipinski definition) is 5. The largest absolute Gasteiger partial charge is 0.497 e. The van der Waals surface area contributed by atoms with Gasteiger partial charge in [-0.15, -0.1) is 0 Å². The summed E-state index contributed by atoms with van der Waals surface area (Å²) in [6.45, 7) is 3.06. The molecule has 0 atom stereocenters. The number of nitrogens with zero attached hydrogens (tertiary/aromatic N) is 1. The molecule has 5 nitrogen and oxygen atoms in total. The summed E-state index contributed by atoms with van der Waals surface area (Å²) in [5.41, 5.74) is 4.57. The molecule has 0 aromatic heterocycles. The number of benzene rings is 3. The first kappa shape index (κ1) is 19.0. The SMILES string of the molecule is COc1ccc(N2CCNc3cc(OCc4ccccc4)c(OC)cc3C2)cc1. The first-order chi connectivity index (χ1) is 14.3. The van der Waals surface area contributed by atoms with Crippen LogP contribution in [0.15, 0.2) is 66.7 Å². The molecule has 1 N–H and O–H groups in total. The van der Waals surface area contributed by atoms with E-state index in [9.17, 15) is 0 Å². The fraction of sp³-hybridized carbons (Fsp3) is 0.250. The number of ether oxygens (including phenoxy) is 3. The number of methoxy groups -OCH3 is 2. The zero-order valence-electron chi connectivity index (χ0n) is 16.9. The van der Waals surface area contributed by atoms with Crippen LogP contribution < -0.4 is 24.4 Å². The standard InChI is InChI=1S/C24H26N2O3/c1-27-21-10-8-20(9-11-21)26-13-12-25-22-15-24(23(28-2)14-19(22)16-26)29-17-18-6-4-3-5-7-18/h3-11,14-15,25H,12-13,16-17H2,1-2H3. The molecule has 0 saturated heterocycles. The second kappa shape index (κ2) is 8.78. The van der Waals surface area contributed by atoms with E-state index in [0.29, 0.717) is 6.61 Å². The number of fused-ring (bicyclic) bond motifs is 1. The maximum Gasteiger partial charge on any atom is 0.163 e. The second-order valence-electron chi connectivity index (χ2n) is 6.98. The van der Waals surface area contributed by atoms with Gasteiger partial charge in [-0.25, -0.2) is 0 Å². The van der Waals surface area contributed by atoms with Gasteiger partial charge in [0.05, 0.1) is 14.2 Å². The summed E-state index contributed by atoms with van der Waals surface area (Å²) >= 11 is 0. The predicted octanol–water partition coefficient (Wildman–Crippen LogP) is 4.71. The lowest BCUT2D eigenvalue weighted by molar-refractivity contribution is 0.284. The fourth-order valence-corrected chi connectivity index (χ4v) is 3.53. The molecule has 0 amide bonds. The molecule has 0 saturated carbocycles. The van der Waals surface area contributed by atoms with E-state index in [-0.39, 0.29) is 0 Å². The molecule has 0 spiro atoms. The van der Waals surface area contributed by atoms with Gasteiger partial charge < -0.3 is 24.4 Å². The minimum atomic E-state index is 0.508. The highest BCUT2D eigenvalue weighted by Gasteiger charge is 2.18. The van der Waals surface area contributed by atoms with Crippen LogP contribution in [0.3, 0.4) is 0 Å². The van der Waals surface area contributed by atoms with Crippen LogP contribution in [0.1, 0.15) is 11.1 Å². The fourth-order valence-electron chi connectivity index (χ4n) is 3.53. The van der Waals surface area contributed by atoms with Crippen LogP contribution in [0, 0.1) is 0 Å². The maximum absolute atomic E-state index is 6.07. The van der Waals surface area contributed by atoms with E-state index in [1.807, 2.05) is 30.3 Å². The Morgan fingerprint density at radius 2 is 1.69 bits per heavy atom. The Labute approximate surface area is 171 Å². The zero-order chi connectivity index (χ0) is 20.1. The van der Waals surface area contributed by atoms with Crippen LogP contribution in [0.2, 0.25) is 0 Å². The molecule has 0 bridgehead atoms. The van der Waals surface area contributed by atoms with Gasteiger partial charge in [-0.2, -0.15) is 0 Å². The summed E-state index contributed by atoms with van der Waals surface area (Å²) in [4.78, 5) is 2.35. The van der Waals surface area contributed by atoms with Crippen molar-refractivity contribution >= 4 is 11.4 Å². The normalized spacial score (nSPS) is 13.1. The number of rotatable bonds is 6. The highest BCUT2D eigenvalue weighted by atomic mass is 16.5. The van der Waals surface area contributed by atoms with Crippen LogP contribution >= 0.6 is 0 Å². The van der Waals surface area contributed by atoms with Crippen molar-refractivity contribution in [1.29, 1.82) is 0 Å². The van der Waals surface area contributed by atoms with Crippen LogP contribution in [-0.4, -0.2) is 27.3 Å². The zero-order valence-corrected chi connectivity index (χ0v) is 16.9. The van der Waals surface area contributed by atoms with Crippen LogP contribution in [0.4, 0.5) is 11.4 Å². The Morgan fingerprint density at radius 1 is 0.897 bits per heavy atom. The van der Waals surface area contributed by atoms with Crippen LogP contribution in [0.5, 0.6) is 17.2 Å². The summed E-state index contributed by atoms with van der Waals surface area (Å²) in [7, 11) is 3.37. The molecule has 4 rings (SSSR count). The van der Waals surface area contributed by atoms with Gasteiger partial charge in [0, 0.05) is 37.1 Å². The molecule has 0 unspecified atom stereocenters. The highest BCUT2D eigenvalue weighted by Crippen LogP contribution is 2.36. The Balaban J connectivity index is 1.55. The molecule has 29 heavy (non-hydrogen) atoms. The van der Waals surface area contributed by atoms with Gasteiger partial charge in [0.2, 0.25) is 0 Å². The minimum absolute atomic E-state index is 0.508.